The standard InChI is InChI=1S/C24H46O6/c1-23(2,3)19-27-15-17-29-21(25)13-11-9-7-8-10-12-14-22(26)30-18-16-28-20-24(4,5)6/h7-20H2,1-6H3. The van der Waals surface area contributed by atoms with Crippen LogP contribution in [0, 0.1) is 10.8 Å². The Hall–Kier alpha value is -1.14. The van der Waals surface area contributed by atoms with Gasteiger partial charge in [0.25, 0.3) is 0 Å². The summed E-state index contributed by atoms with van der Waals surface area (Å²) in [6, 6.07) is 0. The molecule has 6 heteroatoms. The molecule has 0 unspecified atom stereocenters. The van der Waals surface area contributed by atoms with E-state index in [1.165, 1.54) is 0 Å². The quantitative estimate of drug-likeness (QED) is 0.230. The Morgan fingerprint density at radius 3 is 1.20 bits per heavy atom. The molecule has 0 spiro atoms. The van der Waals surface area contributed by atoms with E-state index >= 15 is 0 Å². The number of esters is 2. The summed E-state index contributed by atoms with van der Waals surface area (Å²) in [5.41, 5.74) is 0.260. The van der Waals surface area contributed by atoms with Crippen molar-refractivity contribution in [3.8, 4) is 0 Å². The van der Waals surface area contributed by atoms with Gasteiger partial charge in [-0.3, -0.25) is 9.59 Å². The van der Waals surface area contributed by atoms with Gasteiger partial charge in [-0.15, -0.1) is 0 Å². The van der Waals surface area contributed by atoms with E-state index in [0.717, 1.165) is 38.5 Å². The zero-order valence-electron chi connectivity index (χ0n) is 20.3. The monoisotopic (exact) mass is 430 g/mol. The molecule has 0 aromatic carbocycles. The molecule has 0 fully saturated rings. The SMILES string of the molecule is CC(C)(C)COCCOC(=O)CCCCCCCCC(=O)OCCOCC(C)(C)C. The number of hydrogen-bond acceptors (Lipinski definition) is 6. The maximum atomic E-state index is 11.7. The number of rotatable bonds is 17. The maximum Gasteiger partial charge on any atom is 0.305 e. The van der Waals surface area contributed by atoms with E-state index < -0.39 is 0 Å². The van der Waals surface area contributed by atoms with Gasteiger partial charge in [0, 0.05) is 12.8 Å². The van der Waals surface area contributed by atoms with Crippen molar-refractivity contribution in [3.63, 3.8) is 0 Å². The number of carbonyl (C=O) groups is 2. The number of ether oxygens (including phenoxy) is 4. The third kappa shape index (κ3) is 23.1. The minimum absolute atomic E-state index is 0.130. The number of unbranched alkanes of at least 4 members (excludes halogenated alkanes) is 5. The molecule has 0 aliphatic rings. The lowest BCUT2D eigenvalue weighted by Crippen LogP contribution is -2.18. The fourth-order valence-corrected chi connectivity index (χ4v) is 2.58. The lowest BCUT2D eigenvalue weighted by atomic mass is 9.99. The van der Waals surface area contributed by atoms with Crippen LogP contribution in [0.15, 0.2) is 0 Å². The van der Waals surface area contributed by atoms with Crippen LogP contribution in [0.2, 0.25) is 0 Å². The molecule has 178 valence electrons. The molecule has 0 N–H and O–H groups in total. The second-order valence-corrected chi connectivity index (χ2v) is 10.3. The van der Waals surface area contributed by atoms with Crippen LogP contribution in [0.4, 0.5) is 0 Å². The summed E-state index contributed by atoms with van der Waals surface area (Å²) in [6.07, 6.45) is 6.76. The van der Waals surface area contributed by atoms with Gasteiger partial charge in [0.15, 0.2) is 0 Å². The van der Waals surface area contributed by atoms with Gasteiger partial charge >= 0.3 is 11.9 Å². The van der Waals surface area contributed by atoms with E-state index in [2.05, 4.69) is 41.5 Å². The van der Waals surface area contributed by atoms with Gasteiger partial charge in [-0.2, -0.15) is 0 Å². The summed E-state index contributed by atoms with van der Waals surface area (Å²) < 4.78 is 21.3. The Morgan fingerprint density at radius 1 is 0.533 bits per heavy atom. The van der Waals surface area contributed by atoms with Gasteiger partial charge in [-0.1, -0.05) is 67.2 Å². The molecule has 0 atom stereocenters. The van der Waals surface area contributed by atoms with Crippen LogP contribution in [-0.4, -0.2) is 51.6 Å². The first kappa shape index (κ1) is 28.9. The molecule has 0 radical (unpaired) electrons. The third-order valence-corrected chi connectivity index (χ3v) is 4.06. The van der Waals surface area contributed by atoms with Gasteiger partial charge < -0.3 is 18.9 Å². The Balaban J connectivity index is 3.37. The molecule has 0 rings (SSSR count). The van der Waals surface area contributed by atoms with Crippen molar-refractivity contribution in [2.45, 2.75) is 92.9 Å². The van der Waals surface area contributed by atoms with Crippen molar-refractivity contribution < 1.29 is 28.5 Å². The Kier molecular flexibility index (Phi) is 15.9. The summed E-state index contributed by atoms with van der Waals surface area (Å²) in [7, 11) is 0. The minimum Gasteiger partial charge on any atom is -0.463 e. The van der Waals surface area contributed by atoms with Crippen LogP contribution in [-0.2, 0) is 28.5 Å². The molecule has 6 nitrogen and oxygen atoms in total. The Labute approximate surface area is 184 Å². The summed E-state index contributed by atoms with van der Waals surface area (Å²) in [6.45, 7) is 15.5. The van der Waals surface area contributed by atoms with Crippen molar-refractivity contribution in [2.24, 2.45) is 10.8 Å². The Morgan fingerprint density at radius 2 is 0.867 bits per heavy atom. The zero-order valence-corrected chi connectivity index (χ0v) is 20.3. The minimum atomic E-state index is -0.149. The largest absolute Gasteiger partial charge is 0.463 e. The van der Waals surface area contributed by atoms with Crippen LogP contribution in [0.1, 0.15) is 92.9 Å². The number of carbonyl (C=O) groups excluding carboxylic acids is 2. The molecular weight excluding hydrogens is 384 g/mol. The highest BCUT2D eigenvalue weighted by molar-refractivity contribution is 5.69. The van der Waals surface area contributed by atoms with Crippen LogP contribution >= 0.6 is 0 Å². The van der Waals surface area contributed by atoms with E-state index in [0.29, 0.717) is 52.5 Å². The predicted molar refractivity (Wildman–Crippen MR) is 119 cm³/mol. The molecule has 0 aliphatic carbocycles. The fourth-order valence-electron chi connectivity index (χ4n) is 2.58. The van der Waals surface area contributed by atoms with Crippen molar-refractivity contribution in [1.29, 1.82) is 0 Å². The van der Waals surface area contributed by atoms with E-state index in [1.54, 1.807) is 0 Å². The molecule has 0 amide bonds. The summed E-state index contributed by atoms with van der Waals surface area (Å²) >= 11 is 0. The first-order chi connectivity index (χ1) is 14.0. The van der Waals surface area contributed by atoms with Gasteiger partial charge in [-0.05, 0) is 23.7 Å². The second kappa shape index (κ2) is 16.5. The van der Waals surface area contributed by atoms with Gasteiger partial charge in [0.05, 0.1) is 26.4 Å². The van der Waals surface area contributed by atoms with Crippen LogP contribution in [0.5, 0.6) is 0 Å². The fraction of sp³-hybridized carbons (Fsp3) is 0.917. The topological polar surface area (TPSA) is 71.1 Å². The highest BCUT2D eigenvalue weighted by Gasteiger charge is 2.11. The molecule has 0 heterocycles. The predicted octanol–water partition coefficient (Wildman–Crippen LogP) is 5.32. The Bertz CT molecular complexity index is 406. The molecular formula is C24H46O6. The highest BCUT2D eigenvalue weighted by atomic mass is 16.6. The first-order valence-electron chi connectivity index (χ1n) is 11.5. The molecule has 0 saturated heterocycles. The van der Waals surface area contributed by atoms with Crippen LogP contribution in [0.25, 0.3) is 0 Å². The normalized spacial score (nSPS) is 12.1. The van der Waals surface area contributed by atoms with Crippen molar-refractivity contribution in [1.82, 2.24) is 0 Å². The van der Waals surface area contributed by atoms with Gasteiger partial charge in [0.2, 0.25) is 0 Å². The zero-order chi connectivity index (χ0) is 22.9. The van der Waals surface area contributed by atoms with Crippen LogP contribution in [0.3, 0.4) is 0 Å². The smallest absolute Gasteiger partial charge is 0.305 e. The summed E-state index contributed by atoms with van der Waals surface area (Å²) in [5.74, 6) is -0.299. The lowest BCUT2D eigenvalue weighted by molar-refractivity contribution is -0.146. The first-order valence-corrected chi connectivity index (χ1v) is 11.5. The van der Waals surface area contributed by atoms with Crippen LogP contribution < -0.4 is 0 Å². The second-order valence-electron chi connectivity index (χ2n) is 10.3. The number of hydrogen-bond donors (Lipinski definition) is 0. The summed E-state index contributed by atoms with van der Waals surface area (Å²) in [5, 5.41) is 0. The molecule has 0 bridgehead atoms. The van der Waals surface area contributed by atoms with E-state index in [1.807, 2.05) is 0 Å². The van der Waals surface area contributed by atoms with Gasteiger partial charge in [-0.25, -0.2) is 0 Å². The van der Waals surface area contributed by atoms with E-state index in [4.69, 9.17) is 18.9 Å². The van der Waals surface area contributed by atoms with Crippen molar-refractivity contribution in [2.75, 3.05) is 39.6 Å². The maximum absolute atomic E-state index is 11.7. The molecule has 0 aromatic rings. The third-order valence-electron chi connectivity index (χ3n) is 4.06. The van der Waals surface area contributed by atoms with E-state index in [9.17, 15) is 9.59 Å². The van der Waals surface area contributed by atoms with Crippen molar-refractivity contribution >= 4 is 11.9 Å². The highest BCUT2D eigenvalue weighted by Crippen LogP contribution is 2.13. The molecule has 0 saturated carbocycles. The van der Waals surface area contributed by atoms with Gasteiger partial charge in [0.1, 0.15) is 13.2 Å². The molecule has 30 heavy (non-hydrogen) atoms. The molecule has 0 aliphatic heterocycles. The average Bonchev–Trinajstić information content (AvgIpc) is 2.61. The average molecular weight is 431 g/mol. The summed E-state index contributed by atoms with van der Waals surface area (Å²) in [4.78, 5) is 23.3. The molecule has 0 aromatic heterocycles. The van der Waals surface area contributed by atoms with Crippen molar-refractivity contribution in [3.05, 3.63) is 0 Å². The lowest BCUT2D eigenvalue weighted by Gasteiger charge is -2.17. The van der Waals surface area contributed by atoms with E-state index in [-0.39, 0.29) is 22.8 Å².